The molecule has 1 aromatic rings. The summed E-state index contributed by atoms with van der Waals surface area (Å²) in [4.78, 5) is 13.1. The van der Waals surface area contributed by atoms with Gasteiger partial charge in [-0.25, -0.2) is 0 Å². The molecule has 106 valence electrons. The lowest BCUT2D eigenvalue weighted by molar-refractivity contribution is -0.116. The Morgan fingerprint density at radius 1 is 1.47 bits per heavy atom. The van der Waals surface area contributed by atoms with E-state index in [1.165, 1.54) is 5.56 Å². The van der Waals surface area contributed by atoms with Gasteiger partial charge in [0.1, 0.15) is 0 Å². The van der Waals surface area contributed by atoms with Gasteiger partial charge in [-0.3, -0.25) is 4.79 Å². The van der Waals surface area contributed by atoms with Gasteiger partial charge < -0.3 is 16.0 Å². The van der Waals surface area contributed by atoms with Gasteiger partial charge >= 0.3 is 0 Å². The van der Waals surface area contributed by atoms with Crippen molar-refractivity contribution in [1.29, 1.82) is 0 Å². The Hall–Kier alpha value is -1.07. The van der Waals surface area contributed by atoms with Gasteiger partial charge in [0, 0.05) is 22.7 Å². The van der Waals surface area contributed by atoms with Crippen molar-refractivity contribution in [2.45, 2.75) is 33.4 Å². The summed E-state index contributed by atoms with van der Waals surface area (Å²) >= 11 is 3.58. The lowest BCUT2D eigenvalue weighted by Gasteiger charge is -2.28. The van der Waals surface area contributed by atoms with E-state index in [0.717, 1.165) is 23.2 Å². The monoisotopic (exact) mass is 327 g/mol. The molecule has 0 aliphatic rings. The minimum absolute atomic E-state index is 0.221. The van der Waals surface area contributed by atoms with Crippen LogP contribution in [0.4, 0.5) is 5.69 Å². The van der Waals surface area contributed by atoms with Crippen LogP contribution in [0.3, 0.4) is 0 Å². The maximum absolute atomic E-state index is 11.1. The van der Waals surface area contributed by atoms with Crippen LogP contribution in [0.1, 0.15) is 26.3 Å². The third-order valence-electron chi connectivity index (χ3n) is 2.88. The Bertz CT molecular complexity index is 435. The molecule has 0 aliphatic carbocycles. The summed E-state index contributed by atoms with van der Waals surface area (Å²) in [6.07, 6.45) is 0. The smallest absolute Gasteiger partial charge is 0.236 e. The molecular formula is C14H22BrN3O. The minimum atomic E-state index is -0.318. The van der Waals surface area contributed by atoms with Gasteiger partial charge in [-0.05, 0) is 38.1 Å². The zero-order chi connectivity index (χ0) is 14.4. The predicted molar refractivity (Wildman–Crippen MR) is 83.2 cm³/mol. The second kappa shape index (κ2) is 7.50. The minimum Gasteiger partial charge on any atom is -0.368 e. The summed E-state index contributed by atoms with van der Waals surface area (Å²) < 4.78 is 1.04. The molecule has 0 saturated heterocycles. The van der Waals surface area contributed by atoms with Gasteiger partial charge in [-0.1, -0.05) is 28.9 Å². The standard InChI is InChI=1S/C14H22BrN3O/c1-4-17-8-11-5-6-12(7-13(11)15)18(10(2)3)9-14(16)19/h5-7,10,17H,4,8-9H2,1-3H3,(H2,16,19). The summed E-state index contributed by atoms with van der Waals surface area (Å²) in [5.41, 5.74) is 7.50. The Labute approximate surface area is 123 Å². The van der Waals surface area contributed by atoms with Crippen LogP contribution in [0.15, 0.2) is 22.7 Å². The number of amides is 1. The first-order valence-electron chi connectivity index (χ1n) is 6.49. The van der Waals surface area contributed by atoms with Crippen molar-refractivity contribution in [2.75, 3.05) is 18.0 Å². The molecule has 1 amide bonds. The van der Waals surface area contributed by atoms with E-state index in [1.807, 2.05) is 30.9 Å². The number of carbonyl (C=O) groups excluding carboxylic acids is 1. The van der Waals surface area contributed by atoms with E-state index in [0.29, 0.717) is 0 Å². The van der Waals surface area contributed by atoms with Crippen LogP contribution in [-0.2, 0) is 11.3 Å². The van der Waals surface area contributed by atoms with E-state index >= 15 is 0 Å². The summed E-state index contributed by atoms with van der Waals surface area (Å²) in [6, 6.07) is 6.35. The maximum atomic E-state index is 11.1. The van der Waals surface area contributed by atoms with Crippen molar-refractivity contribution in [3.8, 4) is 0 Å². The van der Waals surface area contributed by atoms with Crippen LogP contribution in [0.5, 0.6) is 0 Å². The van der Waals surface area contributed by atoms with Gasteiger partial charge in [-0.2, -0.15) is 0 Å². The largest absolute Gasteiger partial charge is 0.368 e. The summed E-state index contributed by atoms with van der Waals surface area (Å²) in [5, 5.41) is 3.29. The quantitative estimate of drug-likeness (QED) is 0.807. The third-order valence-corrected chi connectivity index (χ3v) is 3.62. The predicted octanol–water partition coefficient (Wildman–Crippen LogP) is 2.26. The molecule has 1 rings (SSSR count). The highest BCUT2D eigenvalue weighted by molar-refractivity contribution is 9.10. The van der Waals surface area contributed by atoms with E-state index in [2.05, 4.69) is 34.2 Å². The maximum Gasteiger partial charge on any atom is 0.236 e. The molecule has 0 heterocycles. The zero-order valence-electron chi connectivity index (χ0n) is 11.7. The first-order valence-corrected chi connectivity index (χ1v) is 7.29. The van der Waals surface area contributed by atoms with E-state index in [1.54, 1.807) is 0 Å². The van der Waals surface area contributed by atoms with Crippen molar-refractivity contribution in [3.05, 3.63) is 28.2 Å². The van der Waals surface area contributed by atoms with E-state index in [-0.39, 0.29) is 18.5 Å². The molecule has 4 nitrogen and oxygen atoms in total. The molecule has 0 aromatic heterocycles. The van der Waals surface area contributed by atoms with Gasteiger partial charge in [0.05, 0.1) is 6.54 Å². The van der Waals surface area contributed by atoms with Crippen molar-refractivity contribution in [3.63, 3.8) is 0 Å². The fourth-order valence-corrected chi connectivity index (χ4v) is 2.36. The second-order valence-electron chi connectivity index (χ2n) is 4.74. The van der Waals surface area contributed by atoms with Gasteiger partial charge in [0.15, 0.2) is 0 Å². The third kappa shape index (κ3) is 4.84. The van der Waals surface area contributed by atoms with Crippen molar-refractivity contribution in [1.82, 2.24) is 5.32 Å². The van der Waals surface area contributed by atoms with Gasteiger partial charge in [0.25, 0.3) is 0 Å². The molecule has 0 atom stereocenters. The average Bonchev–Trinajstić information content (AvgIpc) is 2.34. The SMILES string of the molecule is CCNCc1ccc(N(CC(N)=O)C(C)C)cc1Br. The zero-order valence-corrected chi connectivity index (χ0v) is 13.3. The molecule has 0 saturated carbocycles. The summed E-state index contributed by atoms with van der Waals surface area (Å²) in [6.45, 7) is 8.17. The highest BCUT2D eigenvalue weighted by Crippen LogP contribution is 2.25. The van der Waals surface area contributed by atoms with E-state index in [9.17, 15) is 4.79 Å². The van der Waals surface area contributed by atoms with Gasteiger partial charge in [-0.15, -0.1) is 0 Å². The Kier molecular flexibility index (Phi) is 6.31. The number of primary amides is 1. The molecule has 5 heteroatoms. The number of hydrogen-bond acceptors (Lipinski definition) is 3. The number of benzene rings is 1. The van der Waals surface area contributed by atoms with Crippen molar-refractivity contribution >= 4 is 27.5 Å². The van der Waals surface area contributed by atoms with Crippen LogP contribution < -0.4 is 16.0 Å². The number of halogens is 1. The molecule has 0 fully saturated rings. The molecule has 0 bridgehead atoms. The number of nitrogens with zero attached hydrogens (tertiary/aromatic N) is 1. The van der Waals surface area contributed by atoms with E-state index in [4.69, 9.17) is 5.73 Å². The van der Waals surface area contributed by atoms with E-state index < -0.39 is 0 Å². The summed E-state index contributed by atoms with van der Waals surface area (Å²) in [7, 11) is 0. The molecule has 1 aromatic carbocycles. The molecule has 19 heavy (non-hydrogen) atoms. The number of anilines is 1. The first kappa shape index (κ1) is 16.0. The Morgan fingerprint density at radius 2 is 2.16 bits per heavy atom. The van der Waals surface area contributed by atoms with Crippen LogP contribution in [0.2, 0.25) is 0 Å². The average molecular weight is 328 g/mol. The molecule has 3 N–H and O–H groups in total. The van der Waals surface area contributed by atoms with Crippen molar-refractivity contribution in [2.24, 2.45) is 5.73 Å². The normalized spacial score (nSPS) is 10.8. The Morgan fingerprint density at radius 3 is 2.63 bits per heavy atom. The summed E-state index contributed by atoms with van der Waals surface area (Å²) in [5.74, 6) is -0.318. The highest BCUT2D eigenvalue weighted by atomic mass is 79.9. The molecular weight excluding hydrogens is 306 g/mol. The lowest BCUT2D eigenvalue weighted by atomic mass is 10.1. The van der Waals surface area contributed by atoms with Crippen molar-refractivity contribution < 1.29 is 4.79 Å². The fourth-order valence-electron chi connectivity index (χ4n) is 1.86. The van der Waals surface area contributed by atoms with Crippen LogP contribution >= 0.6 is 15.9 Å². The van der Waals surface area contributed by atoms with Crippen LogP contribution in [0.25, 0.3) is 0 Å². The fraction of sp³-hybridized carbons (Fsp3) is 0.500. The molecule has 0 radical (unpaired) electrons. The number of hydrogen-bond donors (Lipinski definition) is 2. The second-order valence-corrected chi connectivity index (χ2v) is 5.60. The number of nitrogens with two attached hydrogens (primary N) is 1. The van der Waals surface area contributed by atoms with Crippen LogP contribution in [-0.4, -0.2) is 25.0 Å². The molecule has 0 spiro atoms. The molecule has 0 aliphatic heterocycles. The number of rotatable bonds is 7. The highest BCUT2D eigenvalue weighted by Gasteiger charge is 2.14. The lowest BCUT2D eigenvalue weighted by Crippen LogP contribution is -2.38. The Balaban J connectivity index is 2.93. The topological polar surface area (TPSA) is 58.4 Å². The first-order chi connectivity index (χ1) is 8.95. The number of carbonyl (C=O) groups is 1. The van der Waals surface area contributed by atoms with Gasteiger partial charge in [0.2, 0.25) is 5.91 Å². The molecule has 0 unspecified atom stereocenters. The number of nitrogens with one attached hydrogen (secondary N) is 1. The van der Waals surface area contributed by atoms with Crippen LogP contribution in [0, 0.1) is 0 Å².